The molecule has 0 saturated carbocycles. The summed E-state index contributed by atoms with van der Waals surface area (Å²) in [4.78, 5) is 40.3. The molecule has 0 radical (unpaired) electrons. The Labute approximate surface area is 194 Å². The largest absolute Gasteiger partial charge is 0.347 e. The topological polar surface area (TPSA) is 125 Å². The van der Waals surface area contributed by atoms with Crippen LogP contribution in [-0.2, 0) is 30.6 Å². The van der Waals surface area contributed by atoms with Crippen LogP contribution in [0.4, 0.5) is 0 Å². The van der Waals surface area contributed by atoms with Crippen LogP contribution in [-0.4, -0.2) is 67.3 Å². The quantitative estimate of drug-likeness (QED) is 0.565. The molecule has 2 aliphatic heterocycles. The van der Waals surface area contributed by atoms with E-state index in [2.05, 4.69) is 22.0 Å². The predicted octanol–water partition coefficient (Wildman–Crippen LogP) is 0.409. The van der Waals surface area contributed by atoms with Gasteiger partial charge in [-0.3, -0.25) is 14.4 Å². The summed E-state index contributed by atoms with van der Waals surface area (Å²) in [6.45, 7) is 1.66. The first-order valence-corrected chi connectivity index (χ1v) is 13.3. The van der Waals surface area contributed by atoms with Gasteiger partial charge in [-0.25, -0.2) is 8.42 Å². The molecule has 180 valence electrons. The third kappa shape index (κ3) is 4.63. The molecule has 2 heterocycles. The van der Waals surface area contributed by atoms with Crippen molar-refractivity contribution >= 4 is 27.6 Å². The van der Waals surface area contributed by atoms with Crippen molar-refractivity contribution in [1.82, 2.24) is 20.9 Å². The van der Waals surface area contributed by atoms with Gasteiger partial charge in [0.2, 0.25) is 17.7 Å². The smallest absolute Gasteiger partial charge is 0.246 e. The SMILES string of the molecule is CN[C@@H](C)C(=O)N[C@H]1CCS(=O)(=O)[C@H]2CC[C@@H](C(=O)N[C@@H]3CCCc4ccccc43)N2C1=O. The van der Waals surface area contributed by atoms with Crippen LogP contribution in [0.3, 0.4) is 0 Å². The van der Waals surface area contributed by atoms with Crippen molar-refractivity contribution in [2.45, 2.75) is 75.0 Å². The number of benzene rings is 1. The molecule has 0 unspecified atom stereocenters. The molecule has 0 aromatic heterocycles. The van der Waals surface area contributed by atoms with Gasteiger partial charge >= 0.3 is 0 Å². The van der Waals surface area contributed by atoms with E-state index in [4.69, 9.17) is 0 Å². The van der Waals surface area contributed by atoms with Crippen molar-refractivity contribution in [2.75, 3.05) is 12.8 Å². The van der Waals surface area contributed by atoms with Gasteiger partial charge in [-0.2, -0.15) is 0 Å². The minimum atomic E-state index is -3.61. The molecule has 9 nitrogen and oxygen atoms in total. The van der Waals surface area contributed by atoms with Crippen molar-refractivity contribution < 1.29 is 22.8 Å². The number of hydrogen-bond donors (Lipinski definition) is 3. The fourth-order valence-electron chi connectivity index (χ4n) is 5.14. The van der Waals surface area contributed by atoms with Crippen LogP contribution in [0.5, 0.6) is 0 Å². The van der Waals surface area contributed by atoms with Crippen LogP contribution < -0.4 is 16.0 Å². The van der Waals surface area contributed by atoms with Crippen LogP contribution in [0.1, 0.15) is 56.2 Å². The highest BCUT2D eigenvalue weighted by Gasteiger charge is 2.51. The highest BCUT2D eigenvalue weighted by molar-refractivity contribution is 7.92. The summed E-state index contributed by atoms with van der Waals surface area (Å²) in [6, 6.07) is 5.46. The Hall–Kier alpha value is -2.46. The molecule has 2 fully saturated rings. The van der Waals surface area contributed by atoms with Crippen molar-refractivity contribution in [3.63, 3.8) is 0 Å². The number of fused-ring (bicyclic) bond motifs is 2. The van der Waals surface area contributed by atoms with Gasteiger partial charge < -0.3 is 20.9 Å². The highest BCUT2D eigenvalue weighted by atomic mass is 32.2. The monoisotopic (exact) mass is 476 g/mol. The standard InChI is InChI=1S/C23H32N4O5S/c1-14(24-2)21(28)26-18-12-13-33(31,32)20-11-10-19(27(20)23(18)30)22(29)25-17-9-5-7-15-6-3-4-8-16(15)17/h3-4,6,8,14,17-20,24H,5,7,9-13H2,1-2H3,(H,25,29)(H,26,28)/t14-,17+,18-,19-,20-/m0/s1. The molecule has 4 rings (SSSR count). The first kappa shape index (κ1) is 23.7. The van der Waals surface area contributed by atoms with Crippen molar-refractivity contribution in [3.05, 3.63) is 35.4 Å². The van der Waals surface area contributed by atoms with E-state index in [1.54, 1.807) is 14.0 Å². The van der Waals surface area contributed by atoms with Gasteiger partial charge in [-0.1, -0.05) is 24.3 Å². The number of carbonyl (C=O) groups excluding carboxylic acids is 3. The summed E-state index contributed by atoms with van der Waals surface area (Å²) in [7, 11) is -1.99. The van der Waals surface area contributed by atoms with Crippen LogP contribution in [0.25, 0.3) is 0 Å². The third-order valence-electron chi connectivity index (χ3n) is 7.12. The number of nitrogens with zero attached hydrogens (tertiary/aromatic N) is 1. The maximum atomic E-state index is 13.4. The molecule has 0 spiro atoms. The molecule has 5 atom stereocenters. The van der Waals surface area contributed by atoms with Crippen LogP contribution in [0.2, 0.25) is 0 Å². The first-order valence-electron chi connectivity index (χ1n) is 11.6. The van der Waals surface area contributed by atoms with E-state index in [0.717, 1.165) is 24.8 Å². The predicted molar refractivity (Wildman–Crippen MR) is 123 cm³/mol. The summed E-state index contributed by atoms with van der Waals surface area (Å²) in [5.41, 5.74) is 2.28. The molecule has 1 aromatic rings. The van der Waals surface area contributed by atoms with Gasteiger partial charge in [-0.15, -0.1) is 0 Å². The molecule has 3 N–H and O–H groups in total. The van der Waals surface area contributed by atoms with E-state index in [-0.39, 0.29) is 42.9 Å². The number of amides is 3. The van der Waals surface area contributed by atoms with Gasteiger partial charge in [-0.05, 0) is 63.6 Å². The van der Waals surface area contributed by atoms with E-state index in [9.17, 15) is 22.8 Å². The third-order valence-corrected chi connectivity index (χ3v) is 9.22. The zero-order valence-electron chi connectivity index (χ0n) is 19.0. The number of carbonyl (C=O) groups is 3. The molecule has 0 bridgehead atoms. The number of aryl methyl sites for hydroxylation is 1. The molecular formula is C23H32N4O5S. The first-order chi connectivity index (χ1) is 15.7. The lowest BCUT2D eigenvalue weighted by atomic mass is 9.87. The zero-order chi connectivity index (χ0) is 23.8. The molecule has 3 aliphatic rings. The van der Waals surface area contributed by atoms with E-state index >= 15 is 0 Å². The maximum absolute atomic E-state index is 13.4. The number of hydrogen-bond acceptors (Lipinski definition) is 6. The zero-order valence-corrected chi connectivity index (χ0v) is 19.9. The number of nitrogens with one attached hydrogen (secondary N) is 3. The fourth-order valence-corrected chi connectivity index (χ4v) is 7.07. The van der Waals surface area contributed by atoms with Gasteiger partial charge in [0.1, 0.15) is 17.5 Å². The van der Waals surface area contributed by atoms with E-state index < -0.39 is 39.2 Å². The van der Waals surface area contributed by atoms with E-state index in [1.807, 2.05) is 18.2 Å². The Kier molecular flexibility index (Phi) is 6.76. The molecule has 3 amide bonds. The van der Waals surface area contributed by atoms with Crippen LogP contribution in [0, 0.1) is 0 Å². The number of sulfone groups is 1. The van der Waals surface area contributed by atoms with E-state index in [1.165, 1.54) is 10.5 Å². The van der Waals surface area contributed by atoms with Crippen molar-refractivity contribution in [1.29, 1.82) is 0 Å². The molecule has 1 aliphatic carbocycles. The van der Waals surface area contributed by atoms with Crippen LogP contribution in [0.15, 0.2) is 24.3 Å². The second-order valence-electron chi connectivity index (χ2n) is 9.17. The second-order valence-corrected chi connectivity index (χ2v) is 11.5. The number of likely N-dealkylation sites (N-methyl/N-ethyl adjacent to an activating group) is 1. The fraction of sp³-hybridized carbons (Fsp3) is 0.609. The lowest BCUT2D eigenvalue weighted by molar-refractivity contribution is -0.142. The maximum Gasteiger partial charge on any atom is 0.246 e. The summed E-state index contributed by atoms with van der Waals surface area (Å²) >= 11 is 0. The molecule has 1 aromatic carbocycles. The average Bonchev–Trinajstić information content (AvgIpc) is 3.24. The highest BCUT2D eigenvalue weighted by Crippen LogP contribution is 2.34. The number of rotatable bonds is 5. The lowest BCUT2D eigenvalue weighted by Crippen LogP contribution is -2.56. The Balaban J connectivity index is 1.55. The summed E-state index contributed by atoms with van der Waals surface area (Å²) in [5.74, 6) is -1.42. The summed E-state index contributed by atoms with van der Waals surface area (Å²) in [6.07, 6.45) is 3.21. The molecule has 33 heavy (non-hydrogen) atoms. The Bertz CT molecular complexity index is 1040. The average molecular weight is 477 g/mol. The lowest BCUT2D eigenvalue weighted by Gasteiger charge is -2.32. The Morgan fingerprint density at radius 1 is 1.06 bits per heavy atom. The molecule has 10 heteroatoms. The van der Waals surface area contributed by atoms with Gasteiger partial charge in [0.25, 0.3) is 0 Å². The summed E-state index contributed by atoms with van der Waals surface area (Å²) < 4.78 is 25.8. The minimum Gasteiger partial charge on any atom is -0.347 e. The summed E-state index contributed by atoms with van der Waals surface area (Å²) in [5, 5.41) is 7.53. The Morgan fingerprint density at radius 3 is 2.58 bits per heavy atom. The molecular weight excluding hydrogens is 444 g/mol. The molecule has 2 saturated heterocycles. The van der Waals surface area contributed by atoms with Gasteiger partial charge in [0.05, 0.1) is 17.8 Å². The second kappa shape index (κ2) is 9.42. The van der Waals surface area contributed by atoms with Gasteiger partial charge in [0, 0.05) is 0 Å². The van der Waals surface area contributed by atoms with Crippen LogP contribution >= 0.6 is 0 Å². The van der Waals surface area contributed by atoms with E-state index in [0.29, 0.717) is 0 Å². The Morgan fingerprint density at radius 2 is 1.82 bits per heavy atom. The van der Waals surface area contributed by atoms with Gasteiger partial charge in [0.15, 0.2) is 9.84 Å². The normalized spacial score (nSPS) is 29.4. The minimum absolute atomic E-state index is 0.000675. The van der Waals surface area contributed by atoms with Crippen molar-refractivity contribution in [3.8, 4) is 0 Å². The van der Waals surface area contributed by atoms with Crippen molar-refractivity contribution in [2.24, 2.45) is 0 Å².